The van der Waals surface area contributed by atoms with Crippen molar-refractivity contribution in [2.24, 2.45) is 5.92 Å². The monoisotopic (exact) mass is 198 g/mol. The quantitative estimate of drug-likeness (QED) is 0.648. The van der Waals surface area contributed by atoms with Gasteiger partial charge in [-0.05, 0) is 13.8 Å². The van der Waals surface area contributed by atoms with Gasteiger partial charge in [-0.3, -0.25) is 4.79 Å². The van der Waals surface area contributed by atoms with Crippen molar-refractivity contribution in [3.63, 3.8) is 0 Å². The van der Waals surface area contributed by atoms with Crippen LogP contribution in [-0.2, 0) is 9.59 Å². The minimum Gasteiger partial charge on any atom is -0.300 e. The number of hydrogen-bond acceptors (Lipinski definition) is 2. The Balaban J connectivity index is 0. The van der Waals surface area contributed by atoms with E-state index in [1.54, 1.807) is 0 Å². The minimum atomic E-state index is -4.66. The fraction of sp³-hybridized carbons (Fsp3) is 0.750. The van der Waals surface area contributed by atoms with E-state index in [1.165, 1.54) is 27.7 Å². The highest BCUT2D eigenvalue weighted by Gasteiger charge is 2.39. The lowest BCUT2D eigenvalue weighted by atomic mass is 10.1. The Morgan fingerprint density at radius 3 is 1.31 bits per heavy atom. The Morgan fingerprint density at radius 1 is 1.08 bits per heavy atom. The molecule has 0 heterocycles. The highest BCUT2D eigenvalue weighted by Crippen LogP contribution is 2.19. The molecule has 0 aromatic rings. The summed E-state index contributed by atoms with van der Waals surface area (Å²) in [5.74, 6) is -2.45. The van der Waals surface area contributed by atoms with Gasteiger partial charge in [0.2, 0.25) is 5.78 Å². The molecule has 0 spiro atoms. The standard InChI is InChI=1S/C5H7F3O.C3H6O/c1-3(2)4(9)5(6,7)8;1-3(2)4/h3H,1-2H3;1-2H3. The van der Waals surface area contributed by atoms with Gasteiger partial charge >= 0.3 is 6.18 Å². The highest BCUT2D eigenvalue weighted by molar-refractivity contribution is 5.85. The molecule has 0 N–H and O–H groups in total. The molecule has 2 nitrogen and oxygen atoms in total. The second kappa shape index (κ2) is 5.72. The van der Waals surface area contributed by atoms with E-state index in [0.717, 1.165) is 0 Å². The van der Waals surface area contributed by atoms with E-state index >= 15 is 0 Å². The molecule has 0 amide bonds. The van der Waals surface area contributed by atoms with Crippen molar-refractivity contribution in [2.45, 2.75) is 33.9 Å². The third-order valence-corrected chi connectivity index (χ3v) is 0.804. The second-order valence-corrected chi connectivity index (χ2v) is 2.92. The molecule has 0 bridgehead atoms. The van der Waals surface area contributed by atoms with Gasteiger partial charge < -0.3 is 4.79 Å². The number of halogens is 3. The largest absolute Gasteiger partial charge is 0.450 e. The lowest BCUT2D eigenvalue weighted by Crippen LogP contribution is -2.27. The SMILES string of the molecule is CC(C)=O.CC(C)C(=O)C(F)(F)F. The number of rotatable bonds is 1. The molecular weight excluding hydrogens is 185 g/mol. The van der Waals surface area contributed by atoms with Gasteiger partial charge in [0.25, 0.3) is 0 Å². The zero-order valence-electron chi connectivity index (χ0n) is 8.03. The number of ketones is 2. The summed E-state index contributed by atoms with van der Waals surface area (Å²) in [5.41, 5.74) is 0. The Kier molecular flexibility index (Phi) is 6.44. The van der Waals surface area contributed by atoms with E-state index < -0.39 is 17.9 Å². The summed E-state index contributed by atoms with van der Waals surface area (Å²) in [4.78, 5) is 19.5. The van der Waals surface area contributed by atoms with Crippen molar-refractivity contribution in [3.05, 3.63) is 0 Å². The van der Waals surface area contributed by atoms with Crippen LogP contribution in [0.2, 0.25) is 0 Å². The average Bonchev–Trinajstić information content (AvgIpc) is 1.82. The maximum atomic E-state index is 11.4. The van der Waals surface area contributed by atoms with Crippen molar-refractivity contribution in [1.82, 2.24) is 0 Å². The molecular formula is C8H13F3O2. The van der Waals surface area contributed by atoms with Crippen LogP contribution in [0, 0.1) is 5.92 Å². The first-order valence-electron chi connectivity index (χ1n) is 3.67. The van der Waals surface area contributed by atoms with Crippen LogP contribution in [-0.4, -0.2) is 17.7 Å². The van der Waals surface area contributed by atoms with Gasteiger partial charge in [0, 0.05) is 5.92 Å². The first kappa shape index (κ1) is 14.6. The summed E-state index contributed by atoms with van der Waals surface area (Å²) in [6.07, 6.45) is -4.66. The fourth-order valence-electron chi connectivity index (χ4n) is 0.327. The maximum Gasteiger partial charge on any atom is 0.450 e. The molecule has 0 fully saturated rings. The predicted molar refractivity (Wildman–Crippen MR) is 42.3 cm³/mol. The Hall–Kier alpha value is -0.870. The summed E-state index contributed by atoms with van der Waals surface area (Å²) in [6, 6.07) is 0. The molecule has 0 saturated heterocycles. The van der Waals surface area contributed by atoms with Crippen LogP contribution in [0.25, 0.3) is 0 Å². The summed E-state index contributed by atoms with van der Waals surface area (Å²) in [7, 11) is 0. The molecule has 0 saturated carbocycles. The first-order valence-corrected chi connectivity index (χ1v) is 3.67. The zero-order chi connectivity index (χ0) is 11.2. The summed E-state index contributed by atoms with van der Waals surface area (Å²) in [5, 5.41) is 0. The van der Waals surface area contributed by atoms with E-state index in [9.17, 15) is 22.8 Å². The third kappa shape index (κ3) is 11.1. The number of alkyl halides is 3. The fourth-order valence-corrected chi connectivity index (χ4v) is 0.327. The lowest BCUT2D eigenvalue weighted by molar-refractivity contribution is -0.174. The molecule has 13 heavy (non-hydrogen) atoms. The third-order valence-electron chi connectivity index (χ3n) is 0.804. The number of hydrogen-bond donors (Lipinski definition) is 0. The van der Waals surface area contributed by atoms with Gasteiger partial charge in [0.1, 0.15) is 5.78 Å². The predicted octanol–water partition coefficient (Wildman–Crippen LogP) is 2.37. The van der Waals surface area contributed by atoms with Crippen molar-refractivity contribution < 1.29 is 22.8 Å². The van der Waals surface area contributed by atoms with Gasteiger partial charge in [0.15, 0.2) is 0 Å². The van der Waals surface area contributed by atoms with Crippen molar-refractivity contribution in [1.29, 1.82) is 0 Å². The van der Waals surface area contributed by atoms with Gasteiger partial charge in [0.05, 0.1) is 0 Å². The van der Waals surface area contributed by atoms with E-state index in [-0.39, 0.29) is 5.78 Å². The Labute approximate surface area is 75.1 Å². The minimum absolute atomic E-state index is 0.167. The molecule has 0 radical (unpaired) electrons. The number of carbonyl (C=O) groups is 2. The van der Waals surface area contributed by atoms with E-state index in [0.29, 0.717) is 0 Å². The maximum absolute atomic E-state index is 11.4. The first-order chi connectivity index (χ1) is 5.59. The molecule has 0 aromatic heterocycles. The van der Waals surface area contributed by atoms with Gasteiger partial charge in [-0.25, -0.2) is 0 Å². The van der Waals surface area contributed by atoms with Crippen LogP contribution >= 0.6 is 0 Å². The Morgan fingerprint density at radius 2 is 1.31 bits per heavy atom. The second-order valence-electron chi connectivity index (χ2n) is 2.92. The molecule has 0 aliphatic carbocycles. The van der Waals surface area contributed by atoms with Crippen molar-refractivity contribution in [2.75, 3.05) is 0 Å². The molecule has 0 atom stereocenters. The topological polar surface area (TPSA) is 34.1 Å². The van der Waals surface area contributed by atoms with Crippen LogP contribution in [0.5, 0.6) is 0 Å². The molecule has 78 valence electrons. The molecule has 0 unspecified atom stereocenters. The van der Waals surface area contributed by atoms with Crippen molar-refractivity contribution >= 4 is 11.6 Å². The average molecular weight is 198 g/mol. The molecule has 0 aliphatic rings. The van der Waals surface area contributed by atoms with E-state index in [2.05, 4.69) is 0 Å². The number of carbonyl (C=O) groups excluding carboxylic acids is 2. The number of Topliss-reactive ketones (excluding diaryl/α,β-unsaturated/α-hetero) is 2. The lowest BCUT2D eigenvalue weighted by Gasteiger charge is -2.06. The molecule has 0 rings (SSSR count). The van der Waals surface area contributed by atoms with Crippen LogP contribution in [0.3, 0.4) is 0 Å². The van der Waals surface area contributed by atoms with Gasteiger partial charge in [-0.1, -0.05) is 13.8 Å². The van der Waals surface area contributed by atoms with E-state index in [4.69, 9.17) is 0 Å². The van der Waals surface area contributed by atoms with Gasteiger partial charge in [-0.15, -0.1) is 0 Å². The van der Waals surface area contributed by atoms with Crippen LogP contribution in [0.15, 0.2) is 0 Å². The Bertz CT molecular complexity index is 178. The van der Waals surface area contributed by atoms with Crippen LogP contribution in [0.1, 0.15) is 27.7 Å². The normalized spacial score (nSPS) is 10.5. The highest BCUT2D eigenvalue weighted by atomic mass is 19.4. The molecule has 5 heteroatoms. The molecule has 0 aromatic carbocycles. The zero-order valence-corrected chi connectivity index (χ0v) is 8.03. The van der Waals surface area contributed by atoms with Crippen LogP contribution < -0.4 is 0 Å². The van der Waals surface area contributed by atoms with Crippen molar-refractivity contribution in [3.8, 4) is 0 Å². The van der Waals surface area contributed by atoms with Crippen LogP contribution in [0.4, 0.5) is 13.2 Å². The van der Waals surface area contributed by atoms with E-state index in [1.807, 2.05) is 0 Å². The molecule has 0 aliphatic heterocycles. The summed E-state index contributed by atoms with van der Waals surface area (Å²) < 4.78 is 34.1. The summed E-state index contributed by atoms with van der Waals surface area (Å²) >= 11 is 0. The summed E-state index contributed by atoms with van der Waals surface area (Å²) in [6.45, 7) is 5.49. The van der Waals surface area contributed by atoms with Gasteiger partial charge in [-0.2, -0.15) is 13.2 Å². The smallest absolute Gasteiger partial charge is 0.300 e.